The number of rotatable bonds is 8. The van der Waals surface area contributed by atoms with Crippen LogP contribution in [0.1, 0.15) is 44.4 Å². The lowest BCUT2D eigenvalue weighted by atomic mass is 9.94. The number of carbonyl (C=O) groups excluding carboxylic acids is 3. The van der Waals surface area contributed by atoms with Gasteiger partial charge < -0.3 is 21.3 Å². The number of nitrogens with zero attached hydrogens (tertiary/aromatic N) is 1. The van der Waals surface area contributed by atoms with Crippen LogP contribution in [0.2, 0.25) is 0 Å². The van der Waals surface area contributed by atoms with Crippen LogP contribution >= 0.6 is 12.4 Å². The average molecular weight is 473 g/mol. The summed E-state index contributed by atoms with van der Waals surface area (Å²) in [5, 5.41) is 5.85. The summed E-state index contributed by atoms with van der Waals surface area (Å²) in [6, 6.07) is 17.2. The number of nitrogens with two attached hydrogens (primary N) is 1. The highest BCUT2D eigenvalue weighted by Gasteiger charge is 2.42. The lowest BCUT2D eigenvalue weighted by Gasteiger charge is -2.43. The molecule has 7 nitrogen and oxygen atoms in total. The van der Waals surface area contributed by atoms with Gasteiger partial charge in [-0.05, 0) is 30.4 Å². The molecule has 2 aromatic carbocycles. The molecule has 4 N–H and O–H groups in total. The Kier molecular flexibility index (Phi) is 9.44. The molecule has 2 aromatic rings. The van der Waals surface area contributed by atoms with Crippen LogP contribution in [-0.4, -0.2) is 47.3 Å². The zero-order valence-electron chi connectivity index (χ0n) is 19.2. The number of likely N-dealkylation sites (tertiary alicyclic amines) is 1. The first-order valence-electron chi connectivity index (χ1n) is 11.1. The van der Waals surface area contributed by atoms with Crippen LogP contribution in [0, 0.1) is 5.92 Å². The summed E-state index contributed by atoms with van der Waals surface area (Å²) >= 11 is 0. The van der Waals surface area contributed by atoms with Crippen LogP contribution < -0.4 is 16.4 Å². The number of benzene rings is 2. The number of halogens is 1. The fourth-order valence-electron chi connectivity index (χ4n) is 3.79. The molecule has 3 atom stereocenters. The first kappa shape index (κ1) is 26.4. The summed E-state index contributed by atoms with van der Waals surface area (Å²) in [7, 11) is 0. The van der Waals surface area contributed by atoms with Crippen LogP contribution in [-0.2, 0) is 14.4 Å². The predicted octanol–water partition coefficient (Wildman–Crippen LogP) is 2.40. The van der Waals surface area contributed by atoms with Gasteiger partial charge in [0.1, 0.15) is 12.1 Å². The predicted molar refractivity (Wildman–Crippen MR) is 131 cm³/mol. The molecule has 0 spiro atoms. The van der Waals surface area contributed by atoms with E-state index in [1.54, 1.807) is 11.8 Å². The van der Waals surface area contributed by atoms with Crippen molar-refractivity contribution in [3.63, 3.8) is 0 Å². The van der Waals surface area contributed by atoms with Gasteiger partial charge in [0.25, 0.3) is 0 Å². The van der Waals surface area contributed by atoms with E-state index in [0.29, 0.717) is 13.0 Å². The van der Waals surface area contributed by atoms with Gasteiger partial charge in [0.15, 0.2) is 0 Å². The van der Waals surface area contributed by atoms with Crippen molar-refractivity contribution in [1.29, 1.82) is 0 Å². The lowest BCUT2D eigenvalue weighted by molar-refractivity contribution is -0.151. The molecule has 0 bridgehead atoms. The van der Waals surface area contributed by atoms with Crippen molar-refractivity contribution in [2.45, 2.75) is 51.4 Å². The van der Waals surface area contributed by atoms with E-state index < -0.39 is 18.1 Å². The zero-order chi connectivity index (χ0) is 23.3. The standard InChI is InChI=1S/C25H32N4O3.ClH/c1-16(2)21(27-23(30)17(3)26)25(32)29-15-14-20(29)24(31)28-22(18-10-6-4-7-11-18)19-12-8-5-9-13-19;/h4-13,16-17,20-22H,14-15,26H2,1-3H3,(H,27,30)(H,28,31);1H/t17-,20-,21-;/m0./s1. The topological polar surface area (TPSA) is 105 Å². The minimum absolute atomic E-state index is 0. The van der Waals surface area contributed by atoms with Crippen molar-refractivity contribution in [3.8, 4) is 0 Å². The highest BCUT2D eigenvalue weighted by molar-refractivity contribution is 5.94. The van der Waals surface area contributed by atoms with E-state index >= 15 is 0 Å². The maximum Gasteiger partial charge on any atom is 0.246 e. The normalized spacial score (nSPS) is 16.9. The van der Waals surface area contributed by atoms with Gasteiger partial charge in [0.05, 0.1) is 12.1 Å². The molecular formula is C25H33ClN4O3. The molecule has 3 amide bonds. The van der Waals surface area contributed by atoms with Crippen molar-refractivity contribution < 1.29 is 14.4 Å². The minimum Gasteiger partial charge on any atom is -0.343 e. The van der Waals surface area contributed by atoms with Gasteiger partial charge >= 0.3 is 0 Å². The number of amides is 3. The summed E-state index contributed by atoms with van der Waals surface area (Å²) in [5.74, 6) is -0.970. The van der Waals surface area contributed by atoms with E-state index in [-0.39, 0.29) is 42.1 Å². The Morgan fingerprint density at radius 3 is 1.82 bits per heavy atom. The van der Waals surface area contributed by atoms with Gasteiger partial charge in [-0.3, -0.25) is 14.4 Å². The molecule has 1 fully saturated rings. The van der Waals surface area contributed by atoms with Gasteiger partial charge in [-0.2, -0.15) is 0 Å². The number of carbonyl (C=O) groups is 3. The molecule has 33 heavy (non-hydrogen) atoms. The minimum atomic E-state index is -0.719. The third-order valence-corrected chi connectivity index (χ3v) is 5.80. The van der Waals surface area contributed by atoms with E-state index in [9.17, 15) is 14.4 Å². The summed E-state index contributed by atoms with van der Waals surface area (Å²) < 4.78 is 0. The summed E-state index contributed by atoms with van der Waals surface area (Å²) in [4.78, 5) is 40.0. The van der Waals surface area contributed by atoms with Crippen molar-refractivity contribution in [2.75, 3.05) is 6.54 Å². The number of nitrogens with one attached hydrogen (secondary N) is 2. The second-order valence-electron chi connectivity index (χ2n) is 8.62. The summed E-state index contributed by atoms with van der Waals surface area (Å²) in [5.41, 5.74) is 7.58. The summed E-state index contributed by atoms with van der Waals surface area (Å²) in [6.45, 7) is 5.78. The Morgan fingerprint density at radius 2 is 1.42 bits per heavy atom. The largest absolute Gasteiger partial charge is 0.343 e. The monoisotopic (exact) mass is 472 g/mol. The zero-order valence-corrected chi connectivity index (χ0v) is 20.0. The van der Waals surface area contributed by atoms with Crippen molar-refractivity contribution in [1.82, 2.24) is 15.5 Å². The Hall–Kier alpha value is -2.90. The molecular weight excluding hydrogens is 440 g/mol. The van der Waals surface area contributed by atoms with Crippen LogP contribution in [0.25, 0.3) is 0 Å². The Morgan fingerprint density at radius 1 is 0.909 bits per heavy atom. The molecule has 1 aliphatic heterocycles. The van der Waals surface area contributed by atoms with E-state index in [1.165, 1.54) is 0 Å². The average Bonchev–Trinajstić information content (AvgIpc) is 2.75. The molecule has 1 saturated heterocycles. The lowest BCUT2D eigenvalue weighted by Crippen LogP contribution is -2.64. The van der Waals surface area contributed by atoms with Crippen LogP contribution in [0.4, 0.5) is 0 Å². The third kappa shape index (κ3) is 6.33. The fourth-order valence-corrected chi connectivity index (χ4v) is 3.79. The summed E-state index contributed by atoms with van der Waals surface area (Å²) in [6.07, 6.45) is 0.583. The van der Waals surface area contributed by atoms with Crippen LogP contribution in [0.5, 0.6) is 0 Å². The molecule has 0 aliphatic carbocycles. The molecule has 0 aromatic heterocycles. The molecule has 1 heterocycles. The van der Waals surface area contributed by atoms with E-state index in [1.807, 2.05) is 74.5 Å². The molecule has 3 rings (SSSR count). The second-order valence-corrected chi connectivity index (χ2v) is 8.62. The molecule has 0 unspecified atom stereocenters. The molecule has 1 aliphatic rings. The van der Waals surface area contributed by atoms with Crippen molar-refractivity contribution in [3.05, 3.63) is 71.8 Å². The van der Waals surface area contributed by atoms with Crippen LogP contribution in [0.3, 0.4) is 0 Å². The van der Waals surface area contributed by atoms with Gasteiger partial charge in [-0.1, -0.05) is 74.5 Å². The molecule has 0 radical (unpaired) electrons. The highest BCUT2D eigenvalue weighted by Crippen LogP contribution is 2.25. The van der Waals surface area contributed by atoms with E-state index in [4.69, 9.17) is 5.73 Å². The van der Waals surface area contributed by atoms with Gasteiger partial charge in [0, 0.05) is 6.54 Å². The molecule has 0 saturated carbocycles. The maximum absolute atomic E-state index is 13.2. The van der Waals surface area contributed by atoms with Crippen LogP contribution in [0.15, 0.2) is 60.7 Å². The van der Waals surface area contributed by atoms with Crippen molar-refractivity contribution >= 4 is 30.1 Å². The highest BCUT2D eigenvalue weighted by atomic mass is 35.5. The quantitative estimate of drug-likeness (QED) is 0.548. The van der Waals surface area contributed by atoms with Gasteiger partial charge in [-0.15, -0.1) is 12.4 Å². The number of hydrogen-bond acceptors (Lipinski definition) is 4. The Labute approximate surface area is 201 Å². The van der Waals surface area contributed by atoms with Gasteiger partial charge in [0.2, 0.25) is 17.7 Å². The Bertz CT molecular complexity index is 898. The van der Waals surface area contributed by atoms with Crippen molar-refractivity contribution in [2.24, 2.45) is 11.7 Å². The maximum atomic E-state index is 13.2. The molecule has 178 valence electrons. The molecule has 8 heteroatoms. The van der Waals surface area contributed by atoms with Gasteiger partial charge in [-0.25, -0.2) is 0 Å². The first-order valence-corrected chi connectivity index (χ1v) is 11.1. The van der Waals surface area contributed by atoms with E-state index in [0.717, 1.165) is 11.1 Å². The first-order chi connectivity index (χ1) is 15.3. The third-order valence-electron chi connectivity index (χ3n) is 5.80. The number of hydrogen-bond donors (Lipinski definition) is 3. The second kappa shape index (κ2) is 11.8. The Balaban J connectivity index is 0.00000385. The van der Waals surface area contributed by atoms with E-state index in [2.05, 4.69) is 10.6 Å². The fraction of sp³-hybridized carbons (Fsp3) is 0.400. The SMILES string of the molecule is CC(C)[C@H](NC(=O)[C@H](C)N)C(=O)N1CC[C@H]1C(=O)NC(c1ccccc1)c1ccccc1.Cl. The smallest absolute Gasteiger partial charge is 0.246 e.